The lowest BCUT2D eigenvalue weighted by atomic mass is 9.89. The Labute approximate surface area is 172 Å². The van der Waals surface area contributed by atoms with Crippen LogP contribution in [0.4, 0.5) is 13.2 Å². The molecule has 158 valence electrons. The third-order valence-corrected chi connectivity index (χ3v) is 5.97. The van der Waals surface area contributed by atoms with Gasteiger partial charge in [0, 0.05) is 17.0 Å². The summed E-state index contributed by atoms with van der Waals surface area (Å²) in [6.45, 7) is 4.76. The van der Waals surface area contributed by atoms with Crippen LogP contribution in [0.2, 0.25) is 0 Å². The quantitative estimate of drug-likeness (QED) is 0.441. The second kappa shape index (κ2) is 10.3. The van der Waals surface area contributed by atoms with Crippen LogP contribution in [0.25, 0.3) is 11.1 Å². The Morgan fingerprint density at radius 3 is 2.31 bits per heavy atom. The second-order valence-corrected chi connectivity index (χ2v) is 8.11. The van der Waals surface area contributed by atoms with E-state index >= 15 is 0 Å². The summed E-state index contributed by atoms with van der Waals surface area (Å²) in [6, 6.07) is 7.91. The highest BCUT2D eigenvalue weighted by atomic mass is 19.2. The van der Waals surface area contributed by atoms with Crippen molar-refractivity contribution >= 4 is 0 Å². The highest BCUT2D eigenvalue weighted by Gasteiger charge is 2.24. The number of halogens is 3. The minimum Gasteiger partial charge on any atom is -0.378 e. The molecule has 29 heavy (non-hydrogen) atoms. The molecule has 1 nitrogen and oxygen atoms in total. The highest BCUT2D eigenvalue weighted by molar-refractivity contribution is 5.66. The molecule has 2 unspecified atom stereocenters. The zero-order valence-electron chi connectivity index (χ0n) is 17.4. The van der Waals surface area contributed by atoms with Gasteiger partial charge in [-0.1, -0.05) is 57.4 Å². The average Bonchev–Trinajstić information content (AvgIpc) is 2.74. The van der Waals surface area contributed by atoms with Gasteiger partial charge in [0.1, 0.15) is 5.82 Å². The van der Waals surface area contributed by atoms with E-state index in [0.29, 0.717) is 24.7 Å². The predicted molar refractivity (Wildman–Crippen MR) is 112 cm³/mol. The van der Waals surface area contributed by atoms with Crippen molar-refractivity contribution in [2.24, 2.45) is 0 Å². The molecule has 1 heterocycles. The van der Waals surface area contributed by atoms with Gasteiger partial charge in [-0.2, -0.15) is 0 Å². The predicted octanol–water partition coefficient (Wildman–Crippen LogP) is 7.57. The lowest BCUT2D eigenvalue weighted by Gasteiger charge is -2.29. The molecule has 0 aromatic heterocycles. The van der Waals surface area contributed by atoms with Crippen LogP contribution in [0, 0.1) is 17.5 Å². The Hall–Kier alpha value is -1.81. The lowest BCUT2D eigenvalue weighted by Crippen LogP contribution is -2.24. The zero-order valence-corrected chi connectivity index (χ0v) is 17.4. The van der Waals surface area contributed by atoms with Crippen LogP contribution in [-0.4, -0.2) is 12.7 Å². The molecule has 4 heteroatoms. The maximum atomic E-state index is 14.8. The minimum absolute atomic E-state index is 0.0219. The van der Waals surface area contributed by atoms with Gasteiger partial charge in [0.25, 0.3) is 0 Å². The molecule has 3 rings (SSSR count). The molecule has 0 radical (unpaired) electrons. The normalized spacial score (nSPS) is 19.5. The van der Waals surface area contributed by atoms with Crippen LogP contribution >= 0.6 is 0 Å². The van der Waals surface area contributed by atoms with Gasteiger partial charge >= 0.3 is 0 Å². The monoisotopic (exact) mass is 404 g/mol. The smallest absolute Gasteiger partial charge is 0.167 e. The first-order valence-electron chi connectivity index (χ1n) is 10.9. The average molecular weight is 405 g/mol. The summed E-state index contributed by atoms with van der Waals surface area (Å²) < 4.78 is 49.7. The number of aryl methyl sites for hydroxylation is 1. The van der Waals surface area contributed by atoms with Crippen molar-refractivity contribution < 1.29 is 17.9 Å². The minimum atomic E-state index is -0.968. The van der Waals surface area contributed by atoms with Gasteiger partial charge in [-0.15, -0.1) is 0 Å². The summed E-state index contributed by atoms with van der Waals surface area (Å²) in [6.07, 6.45) is 7.83. The highest BCUT2D eigenvalue weighted by Crippen LogP contribution is 2.34. The molecule has 0 spiro atoms. The number of rotatable bonds is 8. The fourth-order valence-corrected chi connectivity index (χ4v) is 4.09. The van der Waals surface area contributed by atoms with Gasteiger partial charge in [0.2, 0.25) is 0 Å². The van der Waals surface area contributed by atoms with Crippen molar-refractivity contribution in [3.05, 3.63) is 58.9 Å². The Morgan fingerprint density at radius 2 is 1.66 bits per heavy atom. The lowest BCUT2D eigenvalue weighted by molar-refractivity contribution is -0.00193. The summed E-state index contributed by atoms with van der Waals surface area (Å²) in [7, 11) is 0. The molecular weight excluding hydrogens is 373 g/mol. The Balaban J connectivity index is 1.74. The number of hydrogen-bond donors (Lipinski definition) is 0. The van der Waals surface area contributed by atoms with E-state index in [1.165, 1.54) is 12.1 Å². The van der Waals surface area contributed by atoms with Crippen LogP contribution < -0.4 is 0 Å². The van der Waals surface area contributed by atoms with Gasteiger partial charge in [0.05, 0.1) is 12.7 Å². The molecule has 0 amide bonds. The summed E-state index contributed by atoms with van der Waals surface area (Å²) in [5, 5.41) is 0. The van der Waals surface area contributed by atoms with E-state index in [1.807, 2.05) is 13.0 Å². The number of hydrogen-bond acceptors (Lipinski definition) is 1. The van der Waals surface area contributed by atoms with Gasteiger partial charge in [-0.25, -0.2) is 13.2 Å². The van der Waals surface area contributed by atoms with Gasteiger partial charge in [-0.05, 0) is 49.3 Å². The topological polar surface area (TPSA) is 9.23 Å². The van der Waals surface area contributed by atoms with E-state index in [0.717, 1.165) is 50.5 Å². The molecule has 2 aromatic rings. The molecule has 0 aliphatic carbocycles. The van der Waals surface area contributed by atoms with Crippen molar-refractivity contribution in [1.29, 1.82) is 0 Å². The van der Waals surface area contributed by atoms with Crippen LogP contribution in [0.5, 0.6) is 0 Å². The maximum Gasteiger partial charge on any atom is 0.167 e. The third kappa shape index (κ3) is 5.22. The zero-order chi connectivity index (χ0) is 20.8. The summed E-state index contributed by atoms with van der Waals surface area (Å²) in [4.78, 5) is 0. The van der Waals surface area contributed by atoms with Crippen molar-refractivity contribution in [2.45, 2.75) is 77.2 Å². The molecule has 2 aromatic carbocycles. The first kappa shape index (κ1) is 21.9. The maximum absolute atomic E-state index is 14.8. The van der Waals surface area contributed by atoms with Crippen LogP contribution in [0.3, 0.4) is 0 Å². The van der Waals surface area contributed by atoms with Gasteiger partial charge < -0.3 is 4.74 Å². The first-order valence-corrected chi connectivity index (χ1v) is 10.9. The SMILES string of the molecule is CCCCc1ccc(-c2ccc(C3CCC(CCCC)OC3)cc2F)c(F)c1F. The van der Waals surface area contributed by atoms with Crippen molar-refractivity contribution in [3.8, 4) is 11.1 Å². The van der Waals surface area contributed by atoms with Crippen molar-refractivity contribution in [3.63, 3.8) is 0 Å². The second-order valence-electron chi connectivity index (χ2n) is 8.11. The molecule has 0 N–H and O–H groups in total. The van der Waals surface area contributed by atoms with Crippen molar-refractivity contribution in [1.82, 2.24) is 0 Å². The molecule has 1 saturated heterocycles. The summed E-state index contributed by atoms with van der Waals surface area (Å²) >= 11 is 0. The number of ether oxygens (including phenoxy) is 1. The number of unbranched alkanes of at least 4 members (excludes halogenated alkanes) is 2. The van der Waals surface area contributed by atoms with Gasteiger partial charge in [-0.3, -0.25) is 0 Å². The molecule has 2 atom stereocenters. The molecule has 1 fully saturated rings. The molecule has 0 bridgehead atoms. The fraction of sp³-hybridized carbons (Fsp3) is 0.520. The molecule has 1 aliphatic heterocycles. The summed E-state index contributed by atoms with van der Waals surface area (Å²) in [5.74, 6) is -2.20. The Morgan fingerprint density at radius 1 is 0.897 bits per heavy atom. The standard InChI is InChI=1S/C25H31F3O/c1-3-5-7-17-10-14-22(25(28)24(17)27)21-13-11-18(15-23(21)26)19-9-12-20(29-16-19)8-6-4-2/h10-11,13-15,19-20H,3-9,12,16H2,1-2H3. The van der Waals surface area contributed by atoms with E-state index in [1.54, 1.807) is 12.1 Å². The van der Waals surface area contributed by atoms with Crippen LogP contribution in [-0.2, 0) is 11.2 Å². The Bertz CT molecular complexity index is 810. The van der Waals surface area contributed by atoms with E-state index in [4.69, 9.17) is 4.74 Å². The van der Waals surface area contributed by atoms with Gasteiger partial charge in [0.15, 0.2) is 11.6 Å². The van der Waals surface area contributed by atoms with Crippen LogP contribution in [0.15, 0.2) is 30.3 Å². The van der Waals surface area contributed by atoms with E-state index in [-0.39, 0.29) is 17.0 Å². The number of benzene rings is 2. The van der Waals surface area contributed by atoms with E-state index < -0.39 is 17.5 Å². The Kier molecular flexibility index (Phi) is 7.77. The molecule has 0 saturated carbocycles. The third-order valence-electron chi connectivity index (χ3n) is 5.97. The van der Waals surface area contributed by atoms with E-state index in [9.17, 15) is 13.2 Å². The molecule has 1 aliphatic rings. The van der Waals surface area contributed by atoms with Crippen molar-refractivity contribution in [2.75, 3.05) is 6.61 Å². The van der Waals surface area contributed by atoms with E-state index in [2.05, 4.69) is 6.92 Å². The first-order chi connectivity index (χ1) is 14.0. The van der Waals surface area contributed by atoms with Crippen LogP contribution in [0.1, 0.15) is 75.8 Å². The largest absolute Gasteiger partial charge is 0.378 e. The fourth-order valence-electron chi connectivity index (χ4n) is 4.09. The summed E-state index contributed by atoms with van der Waals surface area (Å²) in [5.41, 5.74) is 1.29. The molecular formula is C25H31F3O.